The minimum atomic E-state index is -3.25. The number of nitrogens with zero attached hydrogens (tertiary/aromatic N) is 2. The summed E-state index contributed by atoms with van der Waals surface area (Å²) in [5.41, 5.74) is 1.01. The zero-order chi connectivity index (χ0) is 20.5. The SMILES string of the molecule is CC(=O)NC[C@H]1C=C(c2ccc(N3CCN(S(C)(=O)=O)CC3)c(F)c2)C(=O)O1. The summed E-state index contributed by atoms with van der Waals surface area (Å²) in [7, 11) is -3.25. The molecule has 10 heteroatoms. The molecule has 0 aromatic heterocycles. The van der Waals surface area contributed by atoms with Crippen LogP contribution in [0.5, 0.6) is 0 Å². The number of amides is 1. The minimum absolute atomic E-state index is 0.162. The Balaban J connectivity index is 1.72. The Hall–Kier alpha value is -2.46. The lowest BCUT2D eigenvalue weighted by atomic mass is 10.0. The predicted octanol–water partition coefficient (Wildman–Crippen LogP) is 0.352. The van der Waals surface area contributed by atoms with Gasteiger partial charge >= 0.3 is 5.97 Å². The second-order valence-electron chi connectivity index (χ2n) is 6.78. The number of benzene rings is 1. The summed E-state index contributed by atoms with van der Waals surface area (Å²) in [6, 6.07) is 4.48. The van der Waals surface area contributed by atoms with E-state index < -0.39 is 27.9 Å². The maximum Gasteiger partial charge on any atom is 0.339 e. The molecule has 2 aliphatic heterocycles. The van der Waals surface area contributed by atoms with Crippen molar-refractivity contribution in [1.82, 2.24) is 9.62 Å². The number of ether oxygens (including phenoxy) is 1. The van der Waals surface area contributed by atoms with E-state index in [2.05, 4.69) is 5.32 Å². The molecule has 0 aliphatic carbocycles. The monoisotopic (exact) mass is 411 g/mol. The van der Waals surface area contributed by atoms with Crippen LogP contribution in [0.4, 0.5) is 10.1 Å². The summed E-state index contributed by atoms with van der Waals surface area (Å²) in [5.74, 6) is -1.29. The minimum Gasteiger partial charge on any atom is -0.453 e. The third kappa shape index (κ3) is 4.50. The van der Waals surface area contributed by atoms with Gasteiger partial charge in [0.05, 0.1) is 24.1 Å². The summed E-state index contributed by atoms with van der Waals surface area (Å²) in [5, 5.41) is 2.57. The largest absolute Gasteiger partial charge is 0.453 e. The van der Waals surface area contributed by atoms with Crippen LogP contribution in [0.1, 0.15) is 12.5 Å². The number of nitrogens with one attached hydrogen (secondary N) is 1. The molecule has 3 rings (SSSR count). The molecule has 1 aromatic rings. The number of esters is 1. The van der Waals surface area contributed by atoms with Gasteiger partial charge in [0.25, 0.3) is 0 Å². The number of carbonyl (C=O) groups is 2. The average Bonchev–Trinajstić information content (AvgIpc) is 3.00. The van der Waals surface area contributed by atoms with Crippen molar-refractivity contribution in [2.24, 2.45) is 0 Å². The second kappa shape index (κ2) is 7.88. The molecular formula is C18H22FN3O5S. The van der Waals surface area contributed by atoms with E-state index in [0.29, 0.717) is 37.4 Å². The second-order valence-corrected chi connectivity index (χ2v) is 8.76. The molecule has 1 amide bonds. The van der Waals surface area contributed by atoms with Crippen molar-refractivity contribution in [3.05, 3.63) is 35.7 Å². The summed E-state index contributed by atoms with van der Waals surface area (Å²) < 4.78 is 44.4. The number of rotatable bonds is 5. The molecule has 0 radical (unpaired) electrons. The van der Waals surface area contributed by atoms with E-state index in [0.717, 1.165) is 6.26 Å². The molecule has 2 aliphatic rings. The van der Waals surface area contributed by atoms with Crippen molar-refractivity contribution in [3.8, 4) is 0 Å². The van der Waals surface area contributed by atoms with Crippen molar-refractivity contribution in [1.29, 1.82) is 0 Å². The molecule has 0 saturated carbocycles. The first-order chi connectivity index (χ1) is 13.1. The van der Waals surface area contributed by atoms with E-state index in [9.17, 15) is 22.4 Å². The Morgan fingerprint density at radius 2 is 1.96 bits per heavy atom. The molecule has 1 atom stereocenters. The first-order valence-electron chi connectivity index (χ1n) is 8.82. The molecule has 8 nitrogen and oxygen atoms in total. The lowest BCUT2D eigenvalue weighted by Crippen LogP contribution is -2.48. The number of sulfonamides is 1. The first kappa shape index (κ1) is 20.3. The normalized spacial score (nSPS) is 20.7. The number of hydrogen-bond donors (Lipinski definition) is 1. The lowest BCUT2D eigenvalue weighted by molar-refractivity contribution is -0.138. The van der Waals surface area contributed by atoms with E-state index in [1.165, 1.54) is 17.3 Å². The van der Waals surface area contributed by atoms with Gasteiger partial charge in [0.15, 0.2) is 0 Å². The fourth-order valence-electron chi connectivity index (χ4n) is 3.24. The van der Waals surface area contributed by atoms with Gasteiger partial charge in [-0.3, -0.25) is 4.79 Å². The molecule has 0 unspecified atom stereocenters. The highest BCUT2D eigenvalue weighted by atomic mass is 32.2. The molecule has 1 fully saturated rings. The van der Waals surface area contributed by atoms with Gasteiger partial charge in [0.1, 0.15) is 11.9 Å². The van der Waals surface area contributed by atoms with Gasteiger partial charge in [0, 0.05) is 33.1 Å². The van der Waals surface area contributed by atoms with Gasteiger partial charge in [0.2, 0.25) is 15.9 Å². The van der Waals surface area contributed by atoms with Gasteiger partial charge in [-0.05, 0) is 23.8 Å². The Morgan fingerprint density at radius 3 is 2.54 bits per heavy atom. The molecule has 1 N–H and O–H groups in total. The fraction of sp³-hybridized carbons (Fsp3) is 0.444. The molecule has 0 bridgehead atoms. The summed E-state index contributed by atoms with van der Waals surface area (Å²) in [6.07, 6.45) is 2.14. The van der Waals surface area contributed by atoms with Gasteiger partial charge in [-0.15, -0.1) is 0 Å². The molecule has 1 aromatic carbocycles. The van der Waals surface area contributed by atoms with E-state index in [1.54, 1.807) is 23.1 Å². The Bertz CT molecular complexity index is 923. The number of piperazine rings is 1. The maximum absolute atomic E-state index is 14.7. The maximum atomic E-state index is 14.7. The van der Waals surface area contributed by atoms with Crippen LogP contribution in [0, 0.1) is 5.82 Å². The van der Waals surface area contributed by atoms with Crippen molar-refractivity contribution in [3.63, 3.8) is 0 Å². The Labute approximate surface area is 163 Å². The molecule has 1 saturated heterocycles. The third-order valence-electron chi connectivity index (χ3n) is 4.69. The van der Waals surface area contributed by atoms with E-state index >= 15 is 0 Å². The summed E-state index contributed by atoms with van der Waals surface area (Å²) in [6.45, 7) is 2.88. The number of halogens is 1. The van der Waals surface area contributed by atoms with Crippen LogP contribution >= 0.6 is 0 Å². The number of cyclic esters (lactones) is 1. The van der Waals surface area contributed by atoms with Gasteiger partial charge in [-0.25, -0.2) is 17.6 Å². The predicted molar refractivity (Wildman–Crippen MR) is 102 cm³/mol. The standard InChI is InChI=1S/C18H22FN3O5S/c1-12(23)20-11-14-10-15(18(24)27-14)13-3-4-17(16(19)9-13)21-5-7-22(8-6-21)28(2,25)26/h3-4,9-10,14H,5-8,11H2,1-2H3,(H,20,23)/t14-/m1/s1. The molecule has 28 heavy (non-hydrogen) atoms. The molecule has 152 valence electrons. The van der Waals surface area contributed by atoms with Crippen molar-refractivity contribution < 1.29 is 27.1 Å². The van der Waals surface area contributed by atoms with E-state index in [4.69, 9.17) is 4.74 Å². The summed E-state index contributed by atoms with van der Waals surface area (Å²) >= 11 is 0. The zero-order valence-electron chi connectivity index (χ0n) is 15.6. The lowest BCUT2D eigenvalue weighted by Gasteiger charge is -2.34. The number of carbonyl (C=O) groups excluding carboxylic acids is 2. The quantitative estimate of drug-likeness (QED) is 0.703. The zero-order valence-corrected chi connectivity index (χ0v) is 16.5. The summed E-state index contributed by atoms with van der Waals surface area (Å²) in [4.78, 5) is 24.8. The molecular weight excluding hydrogens is 389 g/mol. The molecule has 0 spiro atoms. The van der Waals surface area contributed by atoms with Crippen LogP contribution in [0.2, 0.25) is 0 Å². The van der Waals surface area contributed by atoms with E-state index in [-0.39, 0.29) is 18.0 Å². The topological polar surface area (TPSA) is 96.0 Å². The highest BCUT2D eigenvalue weighted by Crippen LogP contribution is 2.29. The van der Waals surface area contributed by atoms with Gasteiger partial charge in [-0.2, -0.15) is 4.31 Å². The van der Waals surface area contributed by atoms with E-state index in [1.807, 2.05) is 0 Å². The van der Waals surface area contributed by atoms with Crippen molar-refractivity contribution >= 4 is 33.2 Å². The van der Waals surface area contributed by atoms with Crippen LogP contribution in [-0.2, 0) is 24.3 Å². The van der Waals surface area contributed by atoms with Crippen LogP contribution < -0.4 is 10.2 Å². The Kier molecular flexibility index (Phi) is 5.71. The van der Waals surface area contributed by atoms with Gasteiger partial charge in [-0.1, -0.05) is 6.07 Å². The van der Waals surface area contributed by atoms with Crippen LogP contribution in [0.15, 0.2) is 24.3 Å². The number of hydrogen-bond acceptors (Lipinski definition) is 6. The highest BCUT2D eigenvalue weighted by Gasteiger charge is 2.28. The third-order valence-corrected chi connectivity index (χ3v) is 5.99. The van der Waals surface area contributed by atoms with Crippen molar-refractivity contribution in [2.45, 2.75) is 13.0 Å². The van der Waals surface area contributed by atoms with Crippen LogP contribution in [0.3, 0.4) is 0 Å². The van der Waals surface area contributed by atoms with Crippen LogP contribution in [-0.4, -0.2) is 69.7 Å². The highest BCUT2D eigenvalue weighted by molar-refractivity contribution is 7.88. The number of anilines is 1. The first-order valence-corrected chi connectivity index (χ1v) is 10.7. The fourth-order valence-corrected chi connectivity index (χ4v) is 4.07. The Morgan fingerprint density at radius 1 is 1.29 bits per heavy atom. The van der Waals surface area contributed by atoms with Crippen LogP contribution in [0.25, 0.3) is 5.57 Å². The smallest absolute Gasteiger partial charge is 0.339 e. The van der Waals surface area contributed by atoms with Gasteiger partial charge < -0.3 is 15.0 Å². The molecule has 2 heterocycles. The van der Waals surface area contributed by atoms with Crippen molar-refractivity contribution in [2.75, 3.05) is 43.9 Å². The average molecular weight is 411 g/mol.